The van der Waals surface area contributed by atoms with E-state index in [0.29, 0.717) is 23.0 Å². The number of nitrogens with one attached hydrogen (secondary N) is 2. The molecule has 0 bridgehead atoms. The van der Waals surface area contributed by atoms with Crippen molar-refractivity contribution in [3.63, 3.8) is 0 Å². The van der Waals surface area contributed by atoms with E-state index in [9.17, 15) is 4.79 Å². The molecule has 2 aliphatic rings. The maximum atomic E-state index is 12.9. The molecule has 7 nitrogen and oxygen atoms in total. The molecule has 0 spiro atoms. The fourth-order valence-electron chi connectivity index (χ4n) is 3.79. The van der Waals surface area contributed by atoms with Gasteiger partial charge in [-0.05, 0) is 35.9 Å². The van der Waals surface area contributed by atoms with Crippen LogP contribution >= 0.6 is 0 Å². The Morgan fingerprint density at radius 2 is 1.93 bits per heavy atom. The Labute approximate surface area is 168 Å². The lowest BCUT2D eigenvalue weighted by molar-refractivity contribution is 0.0994. The number of carbonyl (C=O) groups is 1. The van der Waals surface area contributed by atoms with Gasteiger partial charge in [0.05, 0.1) is 17.4 Å². The number of hydrogen-bond acceptors (Lipinski definition) is 6. The lowest BCUT2D eigenvalue weighted by atomic mass is 10.1. The number of allylic oxidation sites excluding steroid dienone is 1. The Hall–Kier alpha value is -3.87. The highest BCUT2D eigenvalue weighted by Crippen LogP contribution is 2.38. The monoisotopic (exact) mass is 384 g/mol. The maximum absolute atomic E-state index is 12.9. The van der Waals surface area contributed by atoms with E-state index in [0.717, 1.165) is 29.2 Å². The fourth-order valence-corrected chi connectivity index (χ4v) is 3.79. The number of carbonyl (C=O) groups excluding carboxylic acids is 1. The highest BCUT2D eigenvalue weighted by molar-refractivity contribution is 6.13. The summed E-state index contributed by atoms with van der Waals surface area (Å²) < 4.78 is 0. The fraction of sp³-hybridized carbons (Fsp3) is 0.136. The largest absolute Gasteiger partial charge is 0.359 e. The van der Waals surface area contributed by atoms with Crippen molar-refractivity contribution in [1.82, 2.24) is 9.97 Å². The standard InChI is InChI=1S/C22H20N6O/c1-13-10-14-11-15(8-9-17(14)24-13)25-22-23-12-19-20(26-22)27(2)18-7-5-4-6-16(18)21(29)28(19)3/h4-9,11-12,24H,1,10H2,2-3H3,(H,23,25,26). The van der Waals surface area contributed by atoms with Gasteiger partial charge in [-0.1, -0.05) is 18.7 Å². The van der Waals surface area contributed by atoms with E-state index in [1.165, 1.54) is 5.56 Å². The van der Waals surface area contributed by atoms with Crippen LogP contribution in [-0.2, 0) is 6.42 Å². The highest BCUT2D eigenvalue weighted by atomic mass is 16.2. The van der Waals surface area contributed by atoms with Crippen LogP contribution in [0.25, 0.3) is 0 Å². The van der Waals surface area contributed by atoms with Crippen molar-refractivity contribution in [3.05, 3.63) is 72.1 Å². The van der Waals surface area contributed by atoms with E-state index >= 15 is 0 Å². The summed E-state index contributed by atoms with van der Waals surface area (Å²) in [4.78, 5) is 25.6. The summed E-state index contributed by atoms with van der Waals surface area (Å²) in [5.74, 6) is 1.06. The molecule has 5 rings (SSSR count). The number of nitrogens with zero attached hydrogens (tertiary/aromatic N) is 4. The third kappa shape index (κ3) is 2.79. The molecule has 0 fully saturated rings. The second-order valence-corrected chi connectivity index (χ2v) is 7.25. The second-order valence-electron chi connectivity index (χ2n) is 7.25. The first-order valence-corrected chi connectivity index (χ1v) is 9.34. The molecule has 0 radical (unpaired) electrons. The van der Waals surface area contributed by atoms with Gasteiger partial charge in [0.25, 0.3) is 5.91 Å². The van der Waals surface area contributed by atoms with Crippen LogP contribution in [0.3, 0.4) is 0 Å². The summed E-state index contributed by atoms with van der Waals surface area (Å²) in [6.45, 7) is 3.99. The third-order valence-corrected chi connectivity index (χ3v) is 5.31. The molecule has 29 heavy (non-hydrogen) atoms. The average molecular weight is 384 g/mol. The number of aromatic nitrogens is 2. The molecular formula is C22H20N6O. The maximum Gasteiger partial charge on any atom is 0.260 e. The SMILES string of the molecule is C=C1Cc2cc(Nc3ncc4c(n3)N(C)c3ccccc3C(=O)N4C)ccc2N1. The zero-order valence-electron chi connectivity index (χ0n) is 16.2. The van der Waals surface area contributed by atoms with Gasteiger partial charge in [-0.15, -0.1) is 0 Å². The predicted molar refractivity (Wildman–Crippen MR) is 115 cm³/mol. The molecule has 1 amide bonds. The van der Waals surface area contributed by atoms with Gasteiger partial charge in [0.15, 0.2) is 5.82 Å². The van der Waals surface area contributed by atoms with Crippen molar-refractivity contribution in [2.75, 3.05) is 34.5 Å². The highest BCUT2D eigenvalue weighted by Gasteiger charge is 2.28. The number of para-hydroxylation sites is 1. The molecule has 0 aliphatic carbocycles. The van der Waals surface area contributed by atoms with Gasteiger partial charge >= 0.3 is 0 Å². The van der Waals surface area contributed by atoms with Crippen molar-refractivity contribution >= 4 is 40.4 Å². The number of amides is 1. The van der Waals surface area contributed by atoms with Crippen LogP contribution in [0.1, 0.15) is 15.9 Å². The van der Waals surface area contributed by atoms with Crippen molar-refractivity contribution < 1.29 is 4.79 Å². The Kier molecular flexibility index (Phi) is 3.77. The summed E-state index contributed by atoms with van der Waals surface area (Å²) >= 11 is 0. The number of fused-ring (bicyclic) bond motifs is 3. The first-order chi connectivity index (χ1) is 14.0. The second kappa shape index (κ2) is 6.34. The Balaban J connectivity index is 1.53. The molecule has 2 N–H and O–H groups in total. The Morgan fingerprint density at radius 1 is 1.10 bits per heavy atom. The molecule has 2 aromatic carbocycles. The van der Waals surface area contributed by atoms with Crippen LogP contribution in [0.2, 0.25) is 0 Å². The van der Waals surface area contributed by atoms with Gasteiger partial charge in [-0.25, -0.2) is 4.98 Å². The smallest absolute Gasteiger partial charge is 0.260 e. The van der Waals surface area contributed by atoms with Gasteiger partial charge in [-0.3, -0.25) is 4.79 Å². The predicted octanol–water partition coefficient (Wildman–Crippen LogP) is 4.06. The molecule has 0 unspecified atom stereocenters. The van der Waals surface area contributed by atoms with Crippen LogP contribution in [0, 0.1) is 0 Å². The minimum Gasteiger partial charge on any atom is -0.359 e. The summed E-state index contributed by atoms with van der Waals surface area (Å²) in [6.07, 6.45) is 2.49. The summed E-state index contributed by atoms with van der Waals surface area (Å²) in [7, 11) is 3.65. The Bertz CT molecular complexity index is 1170. The molecule has 0 atom stereocenters. The van der Waals surface area contributed by atoms with Crippen molar-refractivity contribution in [2.45, 2.75) is 6.42 Å². The minimum atomic E-state index is -0.0816. The van der Waals surface area contributed by atoms with Crippen LogP contribution in [0.15, 0.2) is 60.9 Å². The molecule has 7 heteroatoms. The molecular weight excluding hydrogens is 364 g/mol. The lowest BCUT2D eigenvalue weighted by Gasteiger charge is -2.21. The number of hydrogen-bond donors (Lipinski definition) is 2. The van der Waals surface area contributed by atoms with Gasteiger partial charge in [0.2, 0.25) is 5.95 Å². The molecule has 144 valence electrons. The van der Waals surface area contributed by atoms with E-state index in [2.05, 4.69) is 28.3 Å². The van der Waals surface area contributed by atoms with E-state index in [1.54, 1.807) is 18.1 Å². The van der Waals surface area contributed by atoms with E-state index in [-0.39, 0.29) is 5.91 Å². The minimum absolute atomic E-state index is 0.0816. The molecule has 3 heterocycles. The Morgan fingerprint density at radius 3 is 2.79 bits per heavy atom. The zero-order chi connectivity index (χ0) is 20.1. The van der Waals surface area contributed by atoms with E-state index < -0.39 is 0 Å². The van der Waals surface area contributed by atoms with Crippen molar-refractivity contribution in [1.29, 1.82) is 0 Å². The molecule has 1 aromatic heterocycles. The normalized spacial score (nSPS) is 14.7. The summed E-state index contributed by atoms with van der Waals surface area (Å²) in [6, 6.07) is 13.6. The summed E-state index contributed by atoms with van der Waals surface area (Å²) in [5, 5.41) is 6.54. The third-order valence-electron chi connectivity index (χ3n) is 5.31. The van der Waals surface area contributed by atoms with Crippen LogP contribution in [-0.4, -0.2) is 30.0 Å². The number of anilines is 6. The molecule has 0 saturated carbocycles. The summed E-state index contributed by atoms with van der Waals surface area (Å²) in [5.41, 5.74) is 6.28. The first kappa shape index (κ1) is 17.2. The number of rotatable bonds is 2. The van der Waals surface area contributed by atoms with E-state index in [1.807, 2.05) is 48.3 Å². The molecule has 2 aliphatic heterocycles. The zero-order valence-corrected chi connectivity index (χ0v) is 16.2. The lowest BCUT2D eigenvalue weighted by Crippen LogP contribution is -2.25. The first-order valence-electron chi connectivity index (χ1n) is 9.34. The van der Waals surface area contributed by atoms with Crippen molar-refractivity contribution in [3.8, 4) is 0 Å². The number of benzene rings is 2. The van der Waals surface area contributed by atoms with Gasteiger partial charge in [0, 0.05) is 37.6 Å². The van der Waals surface area contributed by atoms with Gasteiger partial charge in [0.1, 0.15) is 5.69 Å². The average Bonchev–Trinajstić information content (AvgIpc) is 3.08. The quantitative estimate of drug-likeness (QED) is 0.694. The van der Waals surface area contributed by atoms with E-state index in [4.69, 9.17) is 4.98 Å². The van der Waals surface area contributed by atoms with Gasteiger partial charge < -0.3 is 20.4 Å². The van der Waals surface area contributed by atoms with Crippen LogP contribution in [0.4, 0.5) is 34.5 Å². The van der Waals surface area contributed by atoms with Crippen molar-refractivity contribution in [2.24, 2.45) is 0 Å². The molecule has 3 aromatic rings. The topological polar surface area (TPSA) is 73.4 Å². The molecule has 0 saturated heterocycles. The van der Waals surface area contributed by atoms with Crippen LogP contribution < -0.4 is 20.4 Å². The van der Waals surface area contributed by atoms with Gasteiger partial charge in [-0.2, -0.15) is 4.98 Å². The van der Waals surface area contributed by atoms with Crippen LogP contribution in [0.5, 0.6) is 0 Å².